The van der Waals surface area contributed by atoms with Crippen molar-refractivity contribution in [3.63, 3.8) is 0 Å². The number of unbranched alkanes of at least 4 members (excludes halogenated alkanes) is 4. The van der Waals surface area contributed by atoms with E-state index < -0.39 is 86.3 Å². The predicted octanol–water partition coefficient (Wildman–Crippen LogP) is 0.194. The quantitative estimate of drug-likeness (QED) is 0.0272. The van der Waals surface area contributed by atoms with Gasteiger partial charge in [-0.1, -0.05) is 26.0 Å². The SMILES string of the molecule is C=C(C)C(=O)OCC(CO)(CO)CO.C=C(C)C(=O)OCC(CO)(CO)CO.O=C(O)CCCCCC(=O)O.O=C(O)CCCCCC(=O)O.[H-].[H-].[Mg+2]. The zero-order valence-electron chi connectivity index (χ0n) is 31.6. The van der Waals surface area contributed by atoms with E-state index in [1.165, 1.54) is 13.8 Å². The van der Waals surface area contributed by atoms with Crippen molar-refractivity contribution in [1.82, 2.24) is 0 Å². The number of aliphatic hydroxyl groups excluding tert-OH is 6. The van der Waals surface area contributed by atoms with Crippen molar-refractivity contribution in [1.29, 1.82) is 0 Å². The van der Waals surface area contributed by atoms with Crippen molar-refractivity contribution >= 4 is 58.9 Å². The van der Waals surface area contributed by atoms with E-state index in [0.29, 0.717) is 38.5 Å². The summed E-state index contributed by atoms with van der Waals surface area (Å²) in [5.74, 6) is -4.49. The molecule has 0 atom stereocenters. The Morgan fingerprint density at radius 2 is 0.667 bits per heavy atom. The fourth-order valence-corrected chi connectivity index (χ4v) is 2.72. The number of esters is 2. The van der Waals surface area contributed by atoms with E-state index in [-0.39, 0.29) is 75.9 Å². The van der Waals surface area contributed by atoms with Crippen LogP contribution in [0, 0.1) is 10.8 Å². The molecule has 0 radical (unpaired) electrons. The molecule has 0 aliphatic carbocycles. The topological polar surface area (TPSA) is 323 Å². The van der Waals surface area contributed by atoms with Gasteiger partial charge in [-0.05, 0) is 39.5 Å². The van der Waals surface area contributed by atoms with Crippen molar-refractivity contribution in [2.24, 2.45) is 10.8 Å². The van der Waals surface area contributed by atoms with Gasteiger partial charge in [0.15, 0.2) is 0 Å². The molecule has 0 bridgehead atoms. The average molecular weight is 755 g/mol. The summed E-state index contributed by atoms with van der Waals surface area (Å²) in [6.45, 7) is 6.52. The number of carbonyl (C=O) groups excluding carboxylic acids is 2. The Morgan fingerprint density at radius 3 is 0.804 bits per heavy atom. The fraction of sp³-hybridized carbons (Fsp3) is 0.688. The molecule has 0 aliphatic heterocycles. The molecule has 0 aliphatic rings. The molecule has 0 rings (SSSR count). The first kappa shape index (κ1) is 57.2. The summed E-state index contributed by atoms with van der Waals surface area (Å²) < 4.78 is 9.45. The van der Waals surface area contributed by atoms with Gasteiger partial charge in [0.05, 0.1) is 50.5 Å². The molecule has 10 N–H and O–H groups in total. The van der Waals surface area contributed by atoms with E-state index in [0.717, 1.165) is 0 Å². The monoisotopic (exact) mass is 754 g/mol. The standard InChI is InChI=1S/2C9H16O5.2C7H12O4.Mg.2H/c2*1-7(2)8(13)14-6-9(3-10,4-11)5-12;2*8-6(9)4-2-1-3-5-7(10)11;;;/h2*10-12H,1,3-6H2,2H3;2*1-5H2,(H,8,9)(H,10,11);;;/q;;;;+2;2*-1. The van der Waals surface area contributed by atoms with Crippen LogP contribution < -0.4 is 0 Å². The smallest absolute Gasteiger partial charge is 1.00 e. The predicted molar refractivity (Wildman–Crippen MR) is 184 cm³/mol. The molecule has 0 heterocycles. The Balaban J connectivity index is -0.000000105. The minimum absolute atomic E-state index is 0. The number of aliphatic hydroxyl groups is 6. The van der Waals surface area contributed by atoms with Gasteiger partial charge < -0.3 is 63.4 Å². The van der Waals surface area contributed by atoms with E-state index >= 15 is 0 Å². The van der Waals surface area contributed by atoms with E-state index in [9.17, 15) is 28.8 Å². The molecule has 0 spiro atoms. The fourth-order valence-electron chi connectivity index (χ4n) is 2.72. The Kier molecular flexibility index (Phi) is 39.5. The number of ether oxygens (including phenoxy) is 2. The molecule has 296 valence electrons. The molecular weight excluding hydrogens is 697 g/mol. The number of aliphatic carboxylic acids is 4. The summed E-state index contributed by atoms with van der Waals surface area (Å²) in [6.07, 6.45) is 4.20. The van der Waals surface area contributed by atoms with E-state index in [1.54, 1.807) is 0 Å². The molecule has 0 fully saturated rings. The van der Waals surface area contributed by atoms with Crippen molar-refractivity contribution in [3.8, 4) is 0 Å². The maximum Gasteiger partial charge on any atom is 2.00 e. The number of carboxylic acid groups (broad SMARTS) is 4. The summed E-state index contributed by atoms with van der Waals surface area (Å²) in [5.41, 5.74) is -1.89. The van der Waals surface area contributed by atoms with Crippen LogP contribution in [0.4, 0.5) is 0 Å². The van der Waals surface area contributed by atoms with Crippen LogP contribution in [-0.2, 0) is 38.2 Å². The summed E-state index contributed by atoms with van der Waals surface area (Å²) in [4.78, 5) is 61.9. The second-order valence-electron chi connectivity index (χ2n) is 11.4. The molecule has 0 saturated carbocycles. The van der Waals surface area contributed by atoms with Gasteiger partial charge >= 0.3 is 58.9 Å². The van der Waals surface area contributed by atoms with Crippen LogP contribution in [0.5, 0.6) is 0 Å². The Morgan fingerprint density at radius 1 is 0.471 bits per heavy atom. The van der Waals surface area contributed by atoms with Crippen LogP contribution in [0.3, 0.4) is 0 Å². The molecule has 0 amide bonds. The zero-order chi connectivity index (χ0) is 39.8. The number of hydrogen-bond acceptors (Lipinski definition) is 14. The zero-order valence-corrected chi connectivity index (χ0v) is 31.0. The number of carboxylic acids is 4. The number of rotatable bonds is 24. The van der Waals surface area contributed by atoms with Gasteiger partial charge in [-0.15, -0.1) is 0 Å². The first-order chi connectivity index (χ1) is 23.3. The van der Waals surface area contributed by atoms with Gasteiger partial charge in [0.1, 0.15) is 13.2 Å². The largest absolute Gasteiger partial charge is 2.00 e. The van der Waals surface area contributed by atoms with Gasteiger partial charge in [0.2, 0.25) is 0 Å². The van der Waals surface area contributed by atoms with Crippen LogP contribution in [0.1, 0.15) is 80.9 Å². The van der Waals surface area contributed by atoms with Crippen molar-refractivity contribution in [2.45, 2.75) is 78.1 Å². The van der Waals surface area contributed by atoms with Crippen molar-refractivity contribution < 1.29 is 92.2 Å². The van der Waals surface area contributed by atoms with E-state index in [1.807, 2.05) is 0 Å². The summed E-state index contributed by atoms with van der Waals surface area (Å²) >= 11 is 0. The maximum absolute atomic E-state index is 11.0. The molecule has 0 aromatic heterocycles. The molecule has 0 aromatic rings. The average Bonchev–Trinajstić information content (AvgIpc) is 3.06. The van der Waals surface area contributed by atoms with Gasteiger partial charge in [0.25, 0.3) is 0 Å². The van der Waals surface area contributed by atoms with Crippen LogP contribution in [0.25, 0.3) is 0 Å². The van der Waals surface area contributed by atoms with Gasteiger partial charge in [0, 0.05) is 36.8 Å². The summed E-state index contributed by atoms with van der Waals surface area (Å²) in [5, 5.41) is 86.2. The van der Waals surface area contributed by atoms with Gasteiger partial charge in [-0.3, -0.25) is 19.2 Å². The first-order valence-electron chi connectivity index (χ1n) is 15.5. The number of carbonyl (C=O) groups is 6. The van der Waals surface area contributed by atoms with Crippen LogP contribution in [0.15, 0.2) is 24.3 Å². The second kappa shape index (κ2) is 35.2. The van der Waals surface area contributed by atoms with Crippen LogP contribution in [-0.4, -0.2) is 163 Å². The third kappa shape index (κ3) is 36.4. The van der Waals surface area contributed by atoms with Gasteiger partial charge in [-0.25, -0.2) is 9.59 Å². The normalized spacial score (nSPS) is 10.2. The van der Waals surface area contributed by atoms with E-state index in [2.05, 4.69) is 13.2 Å². The Bertz CT molecular complexity index is 906. The molecule has 18 nitrogen and oxygen atoms in total. The van der Waals surface area contributed by atoms with Crippen molar-refractivity contribution in [3.05, 3.63) is 24.3 Å². The Labute approximate surface area is 316 Å². The van der Waals surface area contributed by atoms with Gasteiger partial charge in [-0.2, -0.15) is 0 Å². The minimum atomic E-state index is -1.18. The summed E-state index contributed by atoms with van der Waals surface area (Å²) in [7, 11) is 0. The minimum Gasteiger partial charge on any atom is -1.00 e. The van der Waals surface area contributed by atoms with Crippen molar-refractivity contribution in [2.75, 3.05) is 52.9 Å². The summed E-state index contributed by atoms with van der Waals surface area (Å²) in [6, 6.07) is 0. The first-order valence-corrected chi connectivity index (χ1v) is 15.5. The maximum atomic E-state index is 11.0. The molecule has 51 heavy (non-hydrogen) atoms. The molecule has 0 aromatic carbocycles. The number of hydrogen-bond donors (Lipinski definition) is 10. The molecule has 0 saturated heterocycles. The molecule has 19 heteroatoms. The van der Waals surface area contributed by atoms with Crippen LogP contribution >= 0.6 is 0 Å². The molecular formula is C32H58MgO18. The third-order valence-corrected chi connectivity index (χ3v) is 6.29. The Hall–Kier alpha value is -3.17. The van der Waals surface area contributed by atoms with Crippen LogP contribution in [0.2, 0.25) is 0 Å². The second-order valence-corrected chi connectivity index (χ2v) is 11.4. The third-order valence-electron chi connectivity index (χ3n) is 6.29. The molecule has 0 unspecified atom stereocenters. The van der Waals surface area contributed by atoms with E-state index in [4.69, 9.17) is 60.5 Å².